The zero-order valence-corrected chi connectivity index (χ0v) is 16.9. The molecule has 7 heteroatoms. The SMILES string of the molecule is NC(=O)/C=C/c1ccncc1.O=C(NCc1ccc(Cl)cc1Cl)c1ccccc1. The van der Waals surface area contributed by atoms with Crippen LogP contribution in [0.1, 0.15) is 21.5 Å². The first-order valence-corrected chi connectivity index (χ1v) is 9.36. The quantitative estimate of drug-likeness (QED) is 0.587. The van der Waals surface area contributed by atoms with Gasteiger partial charge in [0.1, 0.15) is 0 Å². The lowest BCUT2D eigenvalue weighted by Gasteiger charge is -2.07. The Morgan fingerprint density at radius 3 is 2.31 bits per heavy atom. The fourth-order valence-corrected chi connectivity index (χ4v) is 2.66. The molecule has 0 aliphatic heterocycles. The molecule has 2 amide bonds. The van der Waals surface area contributed by atoms with Gasteiger partial charge < -0.3 is 11.1 Å². The summed E-state index contributed by atoms with van der Waals surface area (Å²) in [6.45, 7) is 0.379. The molecule has 29 heavy (non-hydrogen) atoms. The van der Waals surface area contributed by atoms with Gasteiger partial charge in [0.15, 0.2) is 0 Å². The van der Waals surface area contributed by atoms with E-state index in [0.717, 1.165) is 11.1 Å². The molecule has 3 N–H and O–H groups in total. The van der Waals surface area contributed by atoms with Crippen LogP contribution in [0.15, 0.2) is 79.1 Å². The van der Waals surface area contributed by atoms with Gasteiger partial charge in [-0.1, -0.05) is 47.5 Å². The number of hydrogen-bond donors (Lipinski definition) is 2. The number of primary amides is 1. The largest absolute Gasteiger partial charge is 0.366 e. The average Bonchev–Trinajstić information content (AvgIpc) is 2.73. The number of aromatic nitrogens is 1. The molecular weight excluding hydrogens is 409 g/mol. The van der Waals surface area contributed by atoms with Gasteiger partial charge in [-0.15, -0.1) is 0 Å². The first kappa shape index (κ1) is 22.1. The van der Waals surface area contributed by atoms with Gasteiger partial charge >= 0.3 is 0 Å². The molecule has 0 aliphatic rings. The van der Waals surface area contributed by atoms with E-state index in [-0.39, 0.29) is 5.91 Å². The summed E-state index contributed by atoms with van der Waals surface area (Å²) < 4.78 is 0. The Morgan fingerprint density at radius 2 is 1.69 bits per heavy atom. The zero-order valence-electron chi connectivity index (χ0n) is 15.4. The summed E-state index contributed by atoms with van der Waals surface area (Å²) in [7, 11) is 0. The predicted octanol–water partition coefficient (Wildman–Crippen LogP) is 4.50. The summed E-state index contributed by atoms with van der Waals surface area (Å²) in [6, 6.07) is 17.8. The molecule has 3 rings (SSSR count). The van der Waals surface area contributed by atoms with Crippen molar-refractivity contribution in [3.63, 3.8) is 0 Å². The minimum absolute atomic E-state index is 0.124. The molecule has 3 aromatic rings. The number of hydrogen-bond acceptors (Lipinski definition) is 3. The highest BCUT2D eigenvalue weighted by molar-refractivity contribution is 6.35. The number of benzene rings is 2. The van der Waals surface area contributed by atoms with E-state index in [0.29, 0.717) is 22.2 Å². The smallest absolute Gasteiger partial charge is 0.251 e. The van der Waals surface area contributed by atoms with E-state index in [9.17, 15) is 9.59 Å². The minimum Gasteiger partial charge on any atom is -0.366 e. The fourth-order valence-electron chi connectivity index (χ4n) is 2.19. The predicted molar refractivity (Wildman–Crippen MR) is 117 cm³/mol. The zero-order chi connectivity index (χ0) is 21.1. The number of rotatable bonds is 5. The van der Waals surface area contributed by atoms with E-state index in [2.05, 4.69) is 10.3 Å². The lowest BCUT2D eigenvalue weighted by atomic mass is 10.2. The van der Waals surface area contributed by atoms with E-state index < -0.39 is 5.91 Å². The van der Waals surface area contributed by atoms with Crippen LogP contribution >= 0.6 is 23.2 Å². The summed E-state index contributed by atoms with van der Waals surface area (Å²) in [4.78, 5) is 25.9. The summed E-state index contributed by atoms with van der Waals surface area (Å²) >= 11 is 11.8. The highest BCUT2D eigenvalue weighted by Crippen LogP contribution is 2.20. The summed E-state index contributed by atoms with van der Waals surface area (Å²) in [5, 5.41) is 3.94. The maximum Gasteiger partial charge on any atom is 0.251 e. The molecule has 1 heterocycles. The maximum atomic E-state index is 11.8. The van der Waals surface area contributed by atoms with Crippen LogP contribution in [0.2, 0.25) is 10.0 Å². The molecule has 0 unspecified atom stereocenters. The normalized spacial score (nSPS) is 10.1. The van der Waals surface area contributed by atoms with E-state index in [1.54, 1.807) is 60.9 Å². The van der Waals surface area contributed by atoms with Crippen molar-refractivity contribution in [2.24, 2.45) is 5.73 Å². The maximum absolute atomic E-state index is 11.8. The van der Waals surface area contributed by atoms with Crippen molar-refractivity contribution in [1.29, 1.82) is 0 Å². The number of nitrogens with one attached hydrogen (secondary N) is 1. The second-order valence-electron chi connectivity index (χ2n) is 5.80. The fraction of sp³-hybridized carbons (Fsp3) is 0.0455. The molecule has 0 aliphatic carbocycles. The van der Waals surface area contributed by atoms with Crippen LogP contribution in [0, 0.1) is 0 Å². The third-order valence-electron chi connectivity index (χ3n) is 3.64. The van der Waals surface area contributed by atoms with E-state index in [1.165, 1.54) is 6.08 Å². The van der Waals surface area contributed by atoms with Gasteiger partial charge in [-0.2, -0.15) is 0 Å². The number of nitrogens with zero attached hydrogens (tertiary/aromatic N) is 1. The van der Waals surface area contributed by atoms with Gasteiger partial charge in [-0.25, -0.2) is 0 Å². The minimum atomic E-state index is -0.443. The number of carbonyl (C=O) groups is 2. The highest BCUT2D eigenvalue weighted by Gasteiger charge is 2.06. The molecule has 0 atom stereocenters. The van der Waals surface area contributed by atoms with Crippen molar-refractivity contribution >= 4 is 41.1 Å². The topological polar surface area (TPSA) is 85.1 Å². The van der Waals surface area contributed by atoms with Crippen molar-refractivity contribution in [3.05, 3.63) is 106 Å². The second kappa shape index (κ2) is 11.6. The number of carbonyl (C=O) groups excluding carboxylic acids is 2. The Bertz CT molecular complexity index is 978. The third kappa shape index (κ3) is 8.17. The van der Waals surface area contributed by atoms with Crippen LogP contribution in [0.25, 0.3) is 6.08 Å². The molecule has 1 aromatic heterocycles. The lowest BCUT2D eigenvalue weighted by molar-refractivity contribution is -0.113. The van der Waals surface area contributed by atoms with Crippen molar-refractivity contribution in [2.75, 3.05) is 0 Å². The van der Waals surface area contributed by atoms with E-state index in [4.69, 9.17) is 28.9 Å². The Labute approximate surface area is 179 Å². The Balaban J connectivity index is 0.000000234. The first-order chi connectivity index (χ1) is 14.0. The molecule has 0 fully saturated rings. The van der Waals surface area contributed by atoms with Gasteiger partial charge in [0, 0.05) is 40.6 Å². The lowest BCUT2D eigenvalue weighted by Crippen LogP contribution is -2.22. The summed E-state index contributed by atoms with van der Waals surface area (Å²) in [5.74, 6) is -0.566. The summed E-state index contributed by atoms with van der Waals surface area (Å²) in [6.07, 6.45) is 6.26. The second-order valence-corrected chi connectivity index (χ2v) is 6.64. The van der Waals surface area contributed by atoms with Gasteiger partial charge in [0.25, 0.3) is 5.91 Å². The van der Waals surface area contributed by atoms with Crippen LogP contribution in [0.3, 0.4) is 0 Å². The molecule has 5 nitrogen and oxygen atoms in total. The van der Waals surface area contributed by atoms with Gasteiger partial charge in [0.05, 0.1) is 0 Å². The Hall–Kier alpha value is -3.15. The van der Waals surface area contributed by atoms with Gasteiger partial charge in [-0.3, -0.25) is 14.6 Å². The molecular formula is C22H19Cl2N3O2. The van der Waals surface area contributed by atoms with Gasteiger partial charge in [0.2, 0.25) is 5.91 Å². The number of amides is 2. The Kier molecular flexibility index (Phi) is 8.89. The van der Waals surface area contributed by atoms with Crippen LogP contribution in [-0.2, 0) is 11.3 Å². The number of nitrogens with two attached hydrogens (primary N) is 1. The molecule has 148 valence electrons. The third-order valence-corrected chi connectivity index (χ3v) is 4.22. The monoisotopic (exact) mass is 427 g/mol. The highest BCUT2D eigenvalue weighted by atomic mass is 35.5. The summed E-state index contributed by atoms with van der Waals surface area (Å²) in [5.41, 5.74) is 7.28. The molecule has 0 saturated carbocycles. The Morgan fingerprint density at radius 1 is 1.00 bits per heavy atom. The van der Waals surface area contributed by atoms with Crippen molar-refractivity contribution < 1.29 is 9.59 Å². The van der Waals surface area contributed by atoms with Crippen LogP contribution < -0.4 is 11.1 Å². The van der Waals surface area contributed by atoms with Crippen molar-refractivity contribution in [3.8, 4) is 0 Å². The molecule has 0 bridgehead atoms. The number of pyridine rings is 1. The molecule has 0 radical (unpaired) electrons. The van der Waals surface area contributed by atoms with E-state index >= 15 is 0 Å². The van der Waals surface area contributed by atoms with Crippen LogP contribution in [0.4, 0.5) is 0 Å². The van der Waals surface area contributed by atoms with Crippen LogP contribution in [-0.4, -0.2) is 16.8 Å². The number of halogens is 2. The first-order valence-electron chi connectivity index (χ1n) is 8.60. The standard InChI is InChI=1S/C14H11Cl2NO.C8H8N2O/c15-12-7-6-11(13(16)8-12)9-17-14(18)10-4-2-1-3-5-10;9-8(11)2-1-7-3-5-10-6-4-7/h1-8H,9H2,(H,17,18);1-6H,(H2,9,11)/b;2-1+. The van der Waals surface area contributed by atoms with Gasteiger partial charge in [-0.05, 0) is 53.6 Å². The molecule has 0 spiro atoms. The molecule has 2 aromatic carbocycles. The molecule has 0 saturated heterocycles. The average molecular weight is 428 g/mol. The van der Waals surface area contributed by atoms with Crippen LogP contribution in [0.5, 0.6) is 0 Å². The van der Waals surface area contributed by atoms with Crippen molar-refractivity contribution in [2.45, 2.75) is 6.54 Å². The van der Waals surface area contributed by atoms with Crippen molar-refractivity contribution in [1.82, 2.24) is 10.3 Å². The van der Waals surface area contributed by atoms with E-state index in [1.807, 2.05) is 18.2 Å².